The number of nitrogens with zero attached hydrogens (tertiary/aromatic N) is 1. The van der Waals surface area contributed by atoms with Gasteiger partial charge in [-0.25, -0.2) is 4.39 Å². The molecule has 0 aliphatic rings. The van der Waals surface area contributed by atoms with Gasteiger partial charge in [0.15, 0.2) is 0 Å². The molecule has 1 aromatic heterocycles. The van der Waals surface area contributed by atoms with Gasteiger partial charge in [-0.1, -0.05) is 24.3 Å². The standard InChI is InChI=1S/C20H17FN2O/c1-14(15-9-11-22-12-10-15)23-20(24)18-4-2-3-17(13-18)16-5-7-19(21)8-6-16/h2-14H,1H3,(H,23,24). The molecule has 1 amide bonds. The van der Waals surface area contributed by atoms with E-state index in [1.54, 1.807) is 30.6 Å². The zero-order valence-electron chi connectivity index (χ0n) is 13.2. The lowest BCUT2D eigenvalue weighted by Crippen LogP contribution is -2.26. The lowest BCUT2D eigenvalue weighted by atomic mass is 10.0. The van der Waals surface area contributed by atoms with Crippen molar-refractivity contribution in [1.82, 2.24) is 10.3 Å². The summed E-state index contributed by atoms with van der Waals surface area (Å²) in [5.41, 5.74) is 3.30. The predicted molar refractivity (Wildman–Crippen MR) is 92.0 cm³/mol. The Morgan fingerprint density at radius 2 is 1.71 bits per heavy atom. The molecule has 1 unspecified atom stereocenters. The molecule has 2 aromatic carbocycles. The van der Waals surface area contributed by atoms with Crippen LogP contribution in [0.3, 0.4) is 0 Å². The van der Waals surface area contributed by atoms with Crippen LogP contribution in [0.25, 0.3) is 11.1 Å². The SMILES string of the molecule is CC(NC(=O)c1cccc(-c2ccc(F)cc2)c1)c1ccncc1. The fourth-order valence-electron chi connectivity index (χ4n) is 2.50. The highest BCUT2D eigenvalue weighted by Gasteiger charge is 2.12. The lowest BCUT2D eigenvalue weighted by molar-refractivity contribution is 0.0940. The first-order valence-corrected chi connectivity index (χ1v) is 7.70. The molecular formula is C20H17FN2O. The maximum Gasteiger partial charge on any atom is 0.251 e. The fraction of sp³-hybridized carbons (Fsp3) is 0.100. The molecular weight excluding hydrogens is 303 g/mol. The van der Waals surface area contributed by atoms with E-state index in [9.17, 15) is 9.18 Å². The van der Waals surface area contributed by atoms with Gasteiger partial charge in [0.2, 0.25) is 0 Å². The smallest absolute Gasteiger partial charge is 0.251 e. The Hall–Kier alpha value is -3.01. The molecule has 1 heterocycles. The molecule has 120 valence electrons. The summed E-state index contributed by atoms with van der Waals surface area (Å²) < 4.78 is 13.0. The summed E-state index contributed by atoms with van der Waals surface area (Å²) in [6.45, 7) is 1.93. The monoisotopic (exact) mass is 320 g/mol. The van der Waals surface area contributed by atoms with Crippen molar-refractivity contribution in [3.05, 3.63) is 90.0 Å². The first-order chi connectivity index (χ1) is 11.6. The molecule has 0 fully saturated rings. The summed E-state index contributed by atoms with van der Waals surface area (Å²) in [6, 6.07) is 17.2. The van der Waals surface area contributed by atoms with E-state index in [0.717, 1.165) is 16.7 Å². The van der Waals surface area contributed by atoms with Crippen LogP contribution in [0.2, 0.25) is 0 Å². The topological polar surface area (TPSA) is 42.0 Å². The summed E-state index contributed by atoms with van der Waals surface area (Å²) >= 11 is 0. The second-order valence-corrected chi connectivity index (χ2v) is 5.56. The van der Waals surface area contributed by atoms with Crippen molar-refractivity contribution in [2.45, 2.75) is 13.0 Å². The normalized spacial score (nSPS) is 11.8. The zero-order valence-corrected chi connectivity index (χ0v) is 13.2. The Morgan fingerprint density at radius 1 is 1.00 bits per heavy atom. The van der Waals surface area contributed by atoms with Crippen LogP contribution in [0.5, 0.6) is 0 Å². The maximum absolute atomic E-state index is 13.0. The summed E-state index contributed by atoms with van der Waals surface area (Å²) in [5.74, 6) is -0.429. The van der Waals surface area contributed by atoms with Crippen LogP contribution in [0.1, 0.15) is 28.9 Å². The van der Waals surface area contributed by atoms with Gasteiger partial charge in [0, 0.05) is 18.0 Å². The van der Waals surface area contributed by atoms with Gasteiger partial charge >= 0.3 is 0 Å². The molecule has 0 aliphatic heterocycles. The van der Waals surface area contributed by atoms with Crippen LogP contribution in [-0.2, 0) is 0 Å². The van der Waals surface area contributed by atoms with Gasteiger partial charge in [-0.05, 0) is 60.0 Å². The molecule has 0 saturated heterocycles. The summed E-state index contributed by atoms with van der Waals surface area (Å²) in [6.07, 6.45) is 3.40. The highest BCUT2D eigenvalue weighted by atomic mass is 19.1. The van der Waals surface area contributed by atoms with Gasteiger partial charge < -0.3 is 5.32 Å². The molecule has 0 aliphatic carbocycles. The van der Waals surface area contributed by atoms with E-state index < -0.39 is 0 Å². The van der Waals surface area contributed by atoms with Crippen molar-refractivity contribution in [2.75, 3.05) is 0 Å². The van der Waals surface area contributed by atoms with Crippen LogP contribution in [-0.4, -0.2) is 10.9 Å². The Morgan fingerprint density at radius 3 is 2.42 bits per heavy atom. The van der Waals surface area contributed by atoms with Crippen LogP contribution in [0, 0.1) is 5.82 Å². The van der Waals surface area contributed by atoms with Crippen molar-refractivity contribution >= 4 is 5.91 Å². The van der Waals surface area contributed by atoms with Gasteiger partial charge in [-0.2, -0.15) is 0 Å². The summed E-state index contributed by atoms with van der Waals surface area (Å²) in [5, 5.41) is 2.97. The molecule has 4 heteroatoms. The number of rotatable bonds is 4. The number of nitrogens with one attached hydrogen (secondary N) is 1. The molecule has 3 nitrogen and oxygen atoms in total. The van der Waals surface area contributed by atoms with Crippen molar-refractivity contribution in [1.29, 1.82) is 0 Å². The van der Waals surface area contributed by atoms with Crippen molar-refractivity contribution < 1.29 is 9.18 Å². The van der Waals surface area contributed by atoms with E-state index in [1.807, 2.05) is 37.3 Å². The predicted octanol–water partition coefficient (Wildman–Crippen LogP) is 4.38. The summed E-state index contributed by atoms with van der Waals surface area (Å²) in [7, 11) is 0. The molecule has 0 saturated carbocycles. The minimum Gasteiger partial charge on any atom is -0.346 e. The van der Waals surface area contributed by atoms with Gasteiger partial charge in [0.05, 0.1) is 6.04 Å². The highest BCUT2D eigenvalue weighted by molar-refractivity contribution is 5.95. The van der Waals surface area contributed by atoms with Crippen LogP contribution >= 0.6 is 0 Å². The third kappa shape index (κ3) is 3.66. The van der Waals surface area contributed by atoms with Crippen molar-refractivity contribution in [2.24, 2.45) is 0 Å². The zero-order chi connectivity index (χ0) is 16.9. The van der Waals surface area contributed by atoms with Crippen LogP contribution < -0.4 is 5.32 Å². The minimum atomic E-state index is -0.279. The lowest BCUT2D eigenvalue weighted by Gasteiger charge is -2.14. The van der Waals surface area contributed by atoms with Crippen molar-refractivity contribution in [3.63, 3.8) is 0 Å². The first kappa shape index (κ1) is 15.9. The number of halogens is 1. The molecule has 0 spiro atoms. The summed E-state index contributed by atoms with van der Waals surface area (Å²) in [4.78, 5) is 16.5. The number of benzene rings is 2. The van der Waals surface area contributed by atoms with E-state index in [0.29, 0.717) is 5.56 Å². The highest BCUT2D eigenvalue weighted by Crippen LogP contribution is 2.21. The number of amides is 1. The first-order valence-electron chi connectivity index (χ1n) is 7.70. The Bertz CT molecular complexity index is 832. The van der Waals surface area contributed by atoms with Gasteiger partial charge in [-0.3, -0.25) is 9.78 Å². The van der Waals surface area contributed by atoms with Gasteiger partial charge in [0.25, 0.3) is 5.91 Å². The molecule has 3 rings (SSSR count). The Kier molecular flexibility index (Phi) is 4.66. The second kappa shape index (κ2) is 7.04. The molecule has 3 aromatic rings. The number of hydrogen-bond donors (Lipinski definition) is 1. The van der Waals surface area contributed by atoms with Gasteiger partial charge in [0.1, 0.15) is 5.82 Å². The number of aromatic nitrogens is 1. The molecule has 24 heavy (non-hydrogen) atoms. The Balaban J connectivity index is 1.78. The second-order valence-electron chi connectivity index (χ2n) is 5.56. The molecule has 1 N–H and O–H groups in total. The Labute approximate surface area is 140 Å². The quantitative estimate of drug-likeness (QED) is 0.775. The number of carbonyl (C=O) groups excluding carboxylic acids is 1. The van der Waals surface area contributed by atoms with E-state index in [2.05, 4.69) is 10.3 Å². The average Bonchev–Trinajstić information content (AvgIpc) is 2.63. The van der Waals surface area contributed by atoms with Crippen molar-refractivity contribution in [3.8, 4) is 11.1 Å². The van der Waals surface area contributed by atoms with E-state index >= 15 is 0 Å². The third-order valence-electron chi connectivity index (χ3n) is 3.86. The van der Waals surface area contributed by atoms with Gasteiger partial charge in [-0.15, -0.1) is 0 Å². The maximum atomic E-state index is 13.0. The minimum absolute atomic E-state index is 0.116. The molecule has 0 bridgehead atoms. The van der Waals surface area contributed by atoms with E-state index in [1.165, 1.54) is 12.1 Å². The van der Waals surface area contributed by atoms with Crippen LogP contribution in [0.4, 0.5) is 4.39 Å². The number of carbonyl (C=O) groups is 1. The number of hydrogen-bond acceptors (Lipinski definition) is 2. The average molecular weight is 320 g/mol. The largest absolute Gasteiger partial charge is 0.346 e. The number of pyridine rings is 1. The van der Waals surface area contributed by atoms with Crippen LogP contribution in [0.15, 0.2) is 73.1 Å². The van der Waals surface area contributed by atoms with E-state index in [-0.39, 0.29) is 17.8 Å². The third-order valence-corrected chi connectivity index (χ3v) is 3.86. The van der Waals surface area contributed by atoms with E-state index in [4.69, 9.17) is 0 Å². The fourth-order valence-corrected chi connectivity index (χ4v) is 2.50. The molecule has 0 radical (unpaired) electrons. The molecule has 1 atom stereocenters.